The predicted molar refractivity (Wildman–Crippen MR) is 246 cm³/mol. The molecule has 0 radical (unpaired) electrons. The zero-order valence-electron chi connectivity index (χ0n) is 35.9. The van der Waals surface area contributed by atoms with E-state index < -0.39 is 10.8 Å². The van der Waals surface area contributed by atoms with E-state index in [-0.39, 0.29) is 0 Å². The third-order valence-electron chi connectivity index (χ3n) is 13.8. The molecule has 0 amide bonds. The van der Waals surface area contributed by atoms with Gasteiger partial charge in [0, 0.05) is 151 Å². The summed E-state index contributed by atoms with van der Waals surface area (Å²) in [7, 11) is 21.2. The van der Waals surface area contributed by atoms with Crippen molar-refractivity contribution in [2.45, 2.75) is 10.8 Å². The quantitative estimate of drug-likeness (QED) is 0.174. The van der Waals surface area contributed by atoms with Crippen LogP contribution < -0.4 is 29.4 Å². The van der Waals surface area contributed by atoms with Crippen molar-refractivity contribution in [1.82, 2.24) is 19.9 Å². The summed E-state index contributed by atoms with van der Waals surface area (Å²) in [6, 6.07) is 32.5. The minimum Gasteiger partial charge on any atom is -0.378 e. The normalized spacial score (nSPS) is 15.0. The SMILES string of the molecule is CN(C)c1ccc2c(c1)N(C)c1cc(N(C)C)ccc1C21c2cc3c(cc2-c2ncncc21)C1(c2ccc(N(C)C)cc2N(C)c2cc(N(C)C)ccc21)c1cncnc1-3. The van der Waals surface area contributed by atoms with Gasteiger partial charge in [0.2, 0.25) is 0 Å². The molecular formula is C50H48N10. The van der Waals surface area contributed by atoms with Gasteiger partial charge in [-0.1, -0.05) is 24.3 Å². The number of aromatic nitrogens is 4. The van der Waals surface area contributed by atoms with Gasteiger partial charge in [-0.15, -0.1) is 0 Å². The van der Waals surface area contributed by atoms with Crippen LogP contribution >= 0.6 is 0 Å². The Bertz CT molecular complexity index is 2650. The van der Waals surface area contributed by atoms with E-state index in [1.165, 1.54) is 33.4 Å². The zero-order valence-corrected chi connectivity index (χ0v) is 35.9. The molecule has 10 heteroatoms. The number of rotatable bonds is 4. The van der Waals surface area contributed by atoms with E-state index in [2.05, 4.69) is 197 Å². The average Bonchev–Trinajstić information content (AvgIpc) is 3.70. The lowest BCUT2D eigenvalue weighted by atomic mass is 9.63. The Morgan fingerprint density at radius 1 is 0.383 bits per heavy atom. The molecule has 4 aliphatic rings. The first-order valence-electron chi connectivity index (χ1n) is 20.4. The molecule has 2 spiro atoms. The van der Waals surface area contributed by atoms with E-state index in [1.807, 2.05) is 0 Å². The summed E-state index contributed by atoms with van der Waals surface area (Å²) in [5.74, 6) is 0. The van der Waals surface area contributed by atoms with E-state index in [1.54, 1.807) is 12.7 Å². The largest absolute Gasteiger partial charge is 0.378 e. The van der Waals surface area contributed by atoms with Gasteiger partial charge in [0.15, 0.2) is 0 Å². The van der Waals surface area contributed by atoms with Crippen LogP contribution in [-0.2, 0) is 10.8 Å². The molecule has 60 heavy (non-hydrogen) atoms. The Kier molecular flexibility index (Phi) is 7.41. The van der Waals surface area contributed by atoms with Crippen LogP contribution in [0, 0.1) is 0 Å². The van der Waals surface area contributed by atoms with Gasteiger partial charge in [0.1, 0.15) is 12.7 Å². The van der Waals surface area contributed by atoms with Crippen molar-refractivity contribution in [3.05, 3.63) is 154 Å². The highest BCUT2D eigenvalue weighted by molar-refractivity contribution is 5.99. The molecule has 2 aliphatic carbocycles. The van der Waals surface area contributed by atoms with Crippen LogP contribution in [0.25, 0.3) is 22.5 Å². The van der Waals surface area contributed by atoms with Crippen molar-refractivity contribution < 1.29 is 0 Å². The summed E-state index contributed by atoms with van der Waals surface area (Å²) < 4.78 is 0. The summed E-state index contributed by atoms with van der Waals surface area (Å²) in [5, 5.41) is 0. The molecule has 5 aromatic carbocycles. The molecule has 0 atom stereocenters. The molecule has 4 heterocycles. The van der Waals surface area contributed by atoms with Gasteiger partial charge in [-0.2, -0.15) is 0 Å². The minimum absolute atomic E-state index is 0.708. The van der Waals surface area contributed by atoms with E-state index in [4.69, 9.17) is 19.9 Å². The second-order valence-corrected chi connectivity index (χ2v) is 17.5. The van der Waals surface area contributed by atoms with Crippen LogP contribution in [0.15, 0.2) is 110 Å². The summed E-state index contributed by atoms with van der Waals surface area (Å²) in [5.41, 5.74) is 21.2. The fraction of sp³-hybridized carbons (Fsp3) is 0.240. The topological polar surface area (TPSA) is 71.0 Å². The Morgan fingerprint density at radius 3 is 0.967 bits per heavy atom. The molecule has 0 bridgehead atoms. The molecule has 11 rings (SSSR count). The zero-order chi connectivity index (χ0) is 41.6. The first-order valence-corrected chi connectivity index (χ1v) is 20.4. The maximum atomic E-state index is 5.19. The van der Waals surface area contributed by atoms with Gasteiger partial charge in [0.05, 0.1) is 22.2 Å². The third kappa shape index (κ3) is 4.37. The van der Waals surface area contributed by atoms with Crippen LogP contribution in [0.4, 0.5) is 45.5 Å². The van der Waals surface area contributed by atoms with Crippen molar-refractivity contribution >= 4 is 45.5 Å². The molecule has 2 aliphatic heterocycles. The number of fused-ring (bicyclic) bond motifs is 18. The van der Waals surface area contributed by atoms with Crippen LogP contribution in [-0.4, -0.2) is 90.4 Å². The van der Waals surface area contributed by atoms with Gasteiger partial charge in [-0.3, -0.25) is 0 Å². The van der Waals surface area contributed by atoms with Crippen molar-refractivity contribution in [2.75, 3.05) is 99.9 Å². The second kappa shape index (κ2) is 12.3. The molecule has 2 aromatic heterocycles. The Hall–Kier alpha value is -6.94. The average molecular weight is 789 g/mol. The first kappa shape index (κ1) is 36.2. The van der Waals surface area contributed by atoms with Gasteiger partial charge in [-0.05, 0) is 94.0 Å². The van der Waals surface area contributed by atoms with Gasteiger partial charge in [-0.25, -0.2) is 19.9 Å². The molecule has 0 fully saturated rings. The van der Waals surface area contributed by atoms with E-state index in [9.17, 15) is 0 Å². The van der Waals surface area contributed by atoms with E-state index in [0.29, 0.717) is 0 Å². The van der Waals surface area contributed by atoms with E-state index >= 15 is 0 Å². The molecule has 0 saturated heterocycles. The highest BCUT2D eigenvalue weighted by atomic mass is 15.2. The third-order valence-corrected chi connectivity index (χ3v) is 13.8. The van der Waals surface area contributed by atoms with Gasteiger partial charge < -0.3 is 29.4 Å². The molecule has 0 unspecified atom stereocenters. The summed E-state index contributed by atoms with van der Waals surface area (Å²) in [6.07, 6.45) is 7.53. The van der Waals surface area contributed by atoms with Crippen molar-refractivity contribution in [3.63, 3.8) is 0 Å². The standard InChI is InChI=1S/C50H48N10/c1-55(2)29-11-15-35-43(19-29)59(9)44-20-30(56(3)4)12-16-36(44)49(35)39-23-34-40(24-33(39)47-41(49)25-51-27-53-47)50(42-26-52-28-54-48(34)42)37-17-13-31(57(5)6)21-45(37)60(10)46-22-32(58(7)8)14-18-38(46)50/h11-28H,1-10H3. The molecular weight excluding hydrogens is 741 g/mol. The number of benzene rings is 5. The number of nitrogens with zero attached hydrogens (tertiary/aromatic N) is 10. The second-order valence-electron chi connectivity index (χ2n) is 17.5. The van der Waals surface area contributed by atoms with Crippen LogP contribution in [0.5, 0.6) is 0 Å². The fourth-order valence-corrected chi connectivity index (χ4v) is 10.8. The highest BCUT2D eigenvalue weighted by Crippen LogP contribution is 2.67. The highest BCUT2D eigenvalue weighted by Gasteiger charge is 2.57. The molecule has 0 saturated carbocycles. The monoisotopic (exact) mass is 788 g/mol. The summed E-state index contributed by atoms with van der Waals surface area (Å²) in [6.45, 7) is 0. The smallest absolute Gasteiger partial charge is 0.116 e. The molecule has 7 aromatic rings. The molecule has 0 N–H and O–H groups in total. The fourth-order valence-electron chi connectivity index (χ4n) is 10.8. The number of anilines is 8. The van der Waals surface area contributed by atoms with Crippen LogP contribution in [0.1, 0.15) is 44.5 Å². The van der Waals surface area contributed by atoms with Crippen LogP contribution in [0.2, 0.25) is 0 Å². The first-order chi connectivity index (χ1) is 28.9. The Morgan fingerprint density at radius 2 is 0.683 bits per heavy atom. The maximum absolute atomic E-state index is 5.19. The maximum Gasteiger partial charge on any atom is 0.116 e. The Balaban J connectivity index is 1.29. The predicted octanol–water partition coefficient (Wildman–Crippen LogP) is 8.42. The molecule has 298 valence electrons. The minimum atomic E-state index is -0.708. The van der Waals surface area contributed by atoms with E-state index in [0.717, 1.165) is 79.1 Å². The lowest BCUT2D eigenvalue weighted by Gasteiger charge is -2.45. The summed E-state index contributed by atoms with van der Waals surface area (Å²) in [4.78, 5) is 33.4. The number of hydrogen-bond donors (Lipinski definition) is 0. The van der Waals surface area contributed by atoms with Crippen molar-refractivity contribution in [2.24, 2.45) is 0 Å². The van der Waals surface area contributed by atoms with Gasteiger partial charge in [0.25, 0.3) is 0 Å². The lowest BCUT2D eigenvalue weighted by molar-refractivity contribution is 0.733. The van der Waals surface area contributed by atoms with Crippen molar-refractivity contribution in [1.29, 1.82) is 0 Å². The van der Waals surface area contributed by atoms with Crippen molar-refractivity contribution in [3.8, 4) is 22.5 Å². The summed E-state index contributed by atoms with van der Waals surface area (Å²) >= 11 is 0. The molecule has 10 nitrogen and oxygen atoms in total. The Labute approximate surface area is 352 Å². The lowest BCUT2D eigenvalue weighted by Crippen LogP contribution is -2.37. The van der Waals surface area contributed by atoms with Crippen LogP contribution in [0.3, 0.4) is 0 Å². The number of hydrogen-bond acceptors (Lipinski definition) is 10. The van der Waals surface area contributed by atoms with Gasteiger partial charge >= 0.3 is 0 Å².